The van der Waals surface area contributed by atoms with Gasteiger partial charge in [-0.25, -0.2) is 15.0 Å². The largest absolute Gasteiger partial charge is 0.306 e. The molecule has 0 aliphatic rings. The summed E-state index contributed by atoms with van der Waals surface area (Å²) in [5.74, 6) is 2.38. The van der Waals surface area contributed by atoms with Crippen molar-refractivity contribution in [3.8, 4) is 79.4 Å². The zero-order chi connectivity index (χ0) is 45.0. The highest BCUT2D eigenvalue weighted by Gasteiger charge is 2.25. The van der Waals surface area contributed by atoms with Crippen LogP contribution in [-0.2, 0) is 0 Å². The van der Waals surface area contributed by atoms with Gasteiger partial charge in [-0.15, -0.1) is 0 Å². The smallest absolute Gasteiger partial charge is 0.238 e. The molecular weight excluding hydrogens is 831 g/mol. The number of para-hydroxylation sites is 3. The molecule has 0 N–H and O–H groups in total. The molecule has 0 saturated heterocycles. The van der Waals surface area contributed by atoms with E-state index in [-0.39, 0.29) is 0 Å². The monoisotopic (exact) mass is 869 g/mol. The third-order valence-electron chi connectivity index (χ3n) is 12.8. The fraction of sp³-hybridized carbons (Fsp3) is 0. The van der Waals surface area contributed by atoms with Gasteiger partial charge in [-0.05, 0) is 35.4 Å². The first kappa shape index (κ1) is 39.1. The van der Waals surface area contributed by atoms with Gasteiger partial charge < -0.3 is 4.57 Å². The summed E-state index contributed by atoms with van der Waals surface area (Å²) in [7, 11) is 0. The standard InChI is InChI=1S/C61H39N7/c1-5-21-40(22-6-1)44-29-13-14-32-49(44)60-62-51(41-23-7-2-8-24-41)39-52(63-60)50-33-17-20-36-55(50)67-53-34-18-15-30-45(53)47-37-38-48-46-31-16-19-35-54(46)68(57(48)56(47)67)61-65-58(42-25-9-3-10-26-42)64-59(66-61)43-27-11-4-12-28-43/h1-39H. The van der Waals surface area contributed by atoms with Gasteiger partial charge in [0.25, 0.3) is 0 Å². The number of benzene rings is 9. The first-order chi connectivity index (χ1) is 33.7. The van der Waals surface area contributed by atoms with Crippen LogP contribution in [0.5, 0.6) is 0 Å². The molecule has 13 rings (SSSR count). The highest BCUT2D eigenvalue weighted by molar-refractivity contribution is 6.24. The Bertz CT molecular complexity index is 3950. The van der Waals surface area contributed by atoms with Gasteiger partial charge in [0, 0.05) is 49.4 Å². The summed E-state index contributed by atoms with van der Waals surface area (Å²) >= 11 is 0. The summed E-state index contributed by atoms with van der Waals surface area (Å²) in [6.45, 7) is 0. The average molecular weight is 870 g/mol. The van der Waals surface area contributed by atoms with Crippen LogP contribution in [0.4, 0.5) is 0 Å². The third kappa shape index (κ3) is 6.56. The lowest BCUT2D eigenvalue weighted by Gasteiger charge is -2.17. The molecule has 68 heavy (non-hydrogen) atoms. The third-order valence-corrected chi connectivity index (χ3v) is 12.8. The molecule has 0 saturated carbocycles. The number of aromatic nitrogens is 7. The molecule has 4 aromatic heterocycles. The number of hydrogen-bond acceptors (Lipinski definition) is 5. The second kappa shape index (κ2) is 16.3. The Morgan fingerprint density at radius 2 is 0.706 bits per heavy atom. The van der Waals surface area contributed by atoms with Crippen molar-refractivity contribution in [2.75, 3.05) is 0 Å². The lowest BCUT2D eigenvalue weighted by molar-refractivity contribution is 0.953. The second-order valence-electron chi connectivity index (χ2n) is 16.8. The van der Waals surface area contributed by atoms with Crippen LogP contribution in [0.25, 0.3) is 123 Å². The van der Waals surface area contributed by atoms with E-state index in [2.05, 4.69) is 197 Å². The van der Waals surface area contributed by atoms with Gasteiger partial charge in [-0.2, -0.15) is 9.97 Å². The van der Waals surface area contributed by atoms with Crippen molar-refractivity contribution in [2.45, 2.75) is 0 Å². The van der Waals surface area contributed by atoms with E-state index in [1.54, 1.807) is 0 Å². The molecule has 7 heteroatoms. The number of rotatable bonds is 8. The van der Waals surface area contributed by atoms with E-state index >= 15 is 0 Å². The Kier molecular flexibility index (Phi) is 9.35. The van der Waals surface area contributed by atoms with Crippen LogP contribution in [0, 0.1) is 0 Å². The van der Waals surface area contributed by atoms with Crippen molar-refractivity contribution < 1.29 is 0 Å². The van der Waals surface area contributed by atoms with E-state index in [0.29, 0.717) is 23.4 Å². The Hall–Kier alpha value is -9.33. The number of fused-ring (bicyclic) bond motifs is 7. The maximum atomic E-state index is 5.50. The molecule has 0 aliphatic carbocycles. The Morgan fingerprint density at radius 3 is 1.31 bits per heavy atom. The van der Waals surface area contributed by atoms with Gasteiger partial charge in [0.1, 0.15) is 0 Å². The molecule has 0 amide bonds. The SMILES string of the molecule is c1ccc(-c2cc(-c3ccccc3-n3c4ccccc4c4ccc5c6ccccc6n(-c6nc(-c7ccccc7)nc(-c7ccccc7)n6)c5c43)nc(-c3ccccc3-c3ccccc3)n2)cc1. The molecule has 9 aromatic carbocycles. The van der Waals surface area contributed by atoms with Crippen molar-refractivity contribution in [1.29, 1.82) is 0 Å². The van der Waals surface area contributed by atoms with E-state index in [4.69, 9.17) is 24.9 Å². The quantitative estimate of drug-likeness (QED) is 0.152. The fourth-order valence-electron chi connectivity index (χ4n) is 9.75. The molecule has 0 atom stereocenters. The van der Waals surface area contributed by atoms with Crippen molar-refractivity contribution >= 4 is 43.6 Å². The van der Waals surface area contributed by atoms with E-state index in [9.17, 15) is 0 Å². The molecule has 318 valence electrons. The summed E-state index contributed by atoms with van der Waals surface area (Å²) in [4.78, 5) is 26.5. The van der Waals surface area contributed by atoms with Crippen molar-refractivity contribution in [3.63, 3.8) is 0 Å². The zero-order valence-corrected chi connectivity index (χ0v) is 36.6. The lowest BCUT2D eigenvalue weighted by atomic mass is 9.98. The van der Waals surface area contributed by atoms with Crippen LogP contribution in [0.3, 0.4) is 0 Å². The van der Waals surface area contributed by atoms with Gasteiger partial charge in [0.15, 0.2) is 17.5 Å². The Labute approximate surface area is 392 Å². The van der Waals surface area contributed by atoms with E-state index in [0.717, 1.165) is 99.6 Å². The molecule has 13 aromatic rings. The van der Waals surface area contributed by atoms with Crippen LogP contribution in [0.1, 0.15) is 0 Å². The number of nitrogens with zero attached hydrogens (tertiary/aromatic N) is 7. The first-order valence-electron chi connectivity index (χ1n) is 22.8. The molecule has 0 unspecified atom stereocenters. The highest BCUT2D eigenvalue weighted by Crippen LogP contribution is 2.44. The predicted octanol–water partition coefficient (Wildman–Crippen LogP) is 14.9. The topological polar surface area (TPSA) is 74.3 Å². The Morgan fingerprint density at radius 1 is 0.265 bits per heavy atom. The second-order valence-corrected chi connectivity index (χ2v) is 16.8. The van der Waals surface area contributed by atoms with Gasteiger partial charge >= 0.3 is 0 Å². The van der Waals surface area contributed by atoms with Gasteiger partial charge in [-0.3, -0.25) is 4.57 Å². The van der Waals surface area contributed by atoms with Crippen LogP contribution >= 0.6 is 0 Å². The summed E-state index contributed by atoms with van der Waals surface area (Å²) in [6.07, 6.45) is 0. The Balaban J connectivity index is 1.12. The minimum Gasteiger partial charge on any atom is -0.306 e. The van der Waals surface area contributed by atoms with Crippen LogP contribution < -0.4 is 0 Å². The van der Waals surface area contributed by atoms with Crippen LogP contribution in [-0.4, -0.2) is 34.1 Å². The van der Waals surface area contributed by atoms with Gasteiger partial charge in [0.2, 0.25) is 5.95 Å². The molecule has 0 aliphatic heterocycles. The first-order valence-corrected chi connectivity index (χ1v) is 22.8. The molecule has 0 radical (unpaired) electrons. The van der Waals surface area contributed by atoms with Crippen LogP contribution in [0.15, 0.2) is 237 Å². The summed E-state index contributed by atoms with van der Waals surface area (Å²) in [5, 5.41) is 4.43. The van der Waals surface area contributed by atoms with E-state index < -0.39 is 0 Å². The summed E-state index contributed by atoms with van der Waals surface area (Å²) in [5.41, 5.74) is 13.6. The zero-order valence-electron chi connectivity index (χ0n) is 36.6. The minimum absolute atomic E-state index is 0.534. The fourth-order valence-corrected chi connectivity index (χ4v) is 9.75. The molecule has 0 spiro atoms. The van der Waals surface area contributed by atoms with Crippen LogP contribution in [0.2, 0.25) is 0 Å². The molecule has 7 nitrogen and oxygen atoms in total. The normalized spacial score (nSPS) is 11.5. The van der Waals surface area contributed by atoms with Gasteiger partial charge in [0.05, 0.1) is 39.1 Å². The summed E-state index contributed by atoms with van der Waals surface area (Å²) < 4.78 is 4.65. The number of hydrogen-bond donors (Lipinski definition) is 0. The van der Waals surface area contributed by atoms with Crippen molar-refractivity contribution in [1.82, 2.24) is 34.1 Å². The molecule has 0 fully saturated rings. The average Bonchev–Trinajstić information content (AvgIpc) is 3.95. The van der Waals surface area contributed by atoms with Crippen molar-refractivity contribution in [3.05, 3.63) is 237 Å². The molecule has 4 heterocycles. The molecule has 0 bridgehead atoms. The van der Waals surface area contributed by atoms with E-state index in [1.165, 1.54) is 0 Å². The highest BCUT2D eigenvalue weighted by atomic mass is 15.2. The lowest BCUT2D eigenvalue weighted by Crippen LogP contribution is -2.07. The van der Waals surface area contributed by atoms with E-state index in [1.807, 2.05) is 48.5 Å². The maximum absolute atomic E-state index is 5.50. The van der Waals surface area contributed by atoms with Gasteiger partial charge in [-0.1, -0.05) is 212 Å². The minimum atomic E-state index is 0.534. The summed E-state index contributed by atoms with van der Waals surface area (Å²) in [6, 6.07) is 82.0. The molecular formula is C61H39N7. The van der Waals surface area contributed by atoms with Crippen molar-refractivity contribution in [2.24, 2.45) is 0 Å². The predicted molar refractivity (Wildman–Crippen MR) is 277 cm³/mol. The maximum Gasteiger partial charge on any atom is 0.238 e.